The number of carbonyl (C=O) groups excluding carboxylic acids is 1. The third-order valence-corrected chi connectivity index (χ3v) is 9.87. The van der Waals surface area contributed by atoms with Crippen molar-refractivity contribution in [2.45, 2.75) is 50.8 Å². The molecule has 3 heterocycles. The highest BCUT2D eigenvalue weighted by molar-refractivity contribution is 7.91. The number of hydrogen-bond donors (Lipinski definition) is 0. The lowest BCUT2D eigenvalue weighted by Gasteiger charge is -2.34. The second-order valence-corrected chi connectivity index (χ2v) is 12.1. The lowest BCUT2D eigenvalue weighted by molar-refractivity contribution is -0.137. The predicted octanol–water partition coefficient (Wildman–Crippen LogP) is 3.75. The van der Waals surface area contributed by atoms with Crippen LogP contribution in [0.1, 0.15) is 46.3 Å². The molecule has 6 nitrogen and oxygen atoms in total. The van der Waals surface area contributed by atoms with Crippen LogP contribution < -0.4 is 0 Å². The first-order chi connectivity index (χ1) is 13.1. The number of aromatic nitrogens is 1. The van der Waals surface area contributed by atoms with E-state index in [4.69, 9.17) is 0 Å². The standard InChI is InChI=1S/C19H27N3O3S3/c1-12-8-9-17(26-12)28(24,25)22-10-6-7-16(11-22)19(23)21(5)14(3)18-13(2)20-15(4)27-18/h8-9,14,16H,6-7,10-11H2,1-5H3. The molecule has 1 aliphatic heterocycles. The first kappa shape index (κ1) is 21.4. The molecule has 1 amide bonds. The molecular formula is C19H27N3O3S3. The maximum absolute atomic E-state index is 13.1. The van der Waals surface area contributed by atoms with Crippen LogP contribution >= 0.6 is 22.7 Å². The molecule has 0 radical (unpaired) electrons. The average molecular weight is 442 g/mol. The van der Waals surface area contributed by atoms with Gasteiger partial charge in [-0.3, -0.25) is 4.79 Å². The van der Waals surface area contributed by atoms with Gasteiger partial charge in [0.25, 0.3) is 10.0 Å². The molecule has 2 atom stereocenters. The van der Waals surface area contributed by atoms with Crippen molar-refractivity contribution in [3.8, 4) is 0 Å². The fourth-order valence-corrected chi connectivity index (χ4v) is 7.61. The van der Waals surface area contributed by atoms with Crippen molar-refractivity contribution in [3.63, 3.8) is 0 Å². The van der Waals surface area contributed by atoms with Gasteiger partial charge in [0.15, 0.2) is 0 Å². The van der Waals surface area contributed by atoms with Crippen LogP contribution in [0, 0.1) is 26.7 Å². The monoisotopic (exact) mass is 441 g/mol. The Morgan fingerprint density at radius 3 is 2.57 bits per heavy atom. The Morgan fingerprint density at radius 2 is 2.00 bits per heavy atom. The van der Waals surface area contributed by atoms with Crippen molar-refractivity contribution in [3.05, 3.63) is 32.6 Å². The van der Waals surface area contributed by atoms with Crippen molar-refractivity contribution in [1.29, 1.82) is 0 Å². The van der Waals surface area contributed by atoms with E-state index >= 15 is 0 Å². The van der Waals surface area contributed by atoms with Gasteiger partial charge in [-0.1, -0.05) is 0 Å². The predicted molar refractivity (Wildman–Crippen MR) is 113 cm³/mol. The zero-order valence-corrected chi connectivity index (χ0v) is 19.4. The number of rotatable bonds is 5. The molecule has 1 aliphatic rings. The van der Waals surface area contributed by atoms with E-state index in [-0.39, 0.29) is 24.4 Å². The molecule has 2 aromatic heterocycles. The Bertz CT molecular complexity index is 964. The molecule has 0 bridgehead atoms. The minimum atomic E-state index is -3.54. The topological polar surface area (TPSA) is 70.6 Å². The van der Waals surface area contributed by atoms with Gasteiger partial charge in [0.1, 0.15) is 4.21 Å². The molecule has 1 saturated heterocycles. The fraction of sp³-hybridized carbons (Fsp3) is 0.579. The normalized spacial score (nSPS) is 19.5. The minimum Gasteiger partial charge on any atom is -0.338 e. The summed E-state index contributed by atoms with van der Waals surface area (Å²) >= 11 is 2.89. The first-order valence-corrected chi connectivity index (χ1v) is 12.5. The quantitative estimate of drug-likeness (QED) is 0.708. The number of sulfonamides is 1. The first-order valence-electron chi connectivity index (χ1n) is 9.38. The van der Waals surface area contributed by atoms with E-state index in [0.717, 1.165) is 20.5 Å². The van der Waals surface area contributed by atoms with Gasteiger partial charge in [0, 0.05) is 29.9 Å². The maximum atomic E-state index is 13.1. The zero-order chi connectivity index (χ0) is 20.6. The van der Waals surface area contributed by atoms with Gasteiger partial charge in [-0.25, -0.2) is 13.4 Å². The number of piperidine rings is 1. The molecule has 0 saturated carbocycles. The third-order valence-electron chi connectivity index (χ3n) is 5.29. The summed E-state index contributed by atoms with van der Waals surface area (Å²) in [6.07, 6.45) is 1.41. The number of hydrogen-bond acceptors (Lipinski definition) is 6. The molecule has 2 unspecified atom stereocenters. The van der Waals surface area contributed by atoms with Crippen LogP contribution in [-0.4, -0.2) is 48.7 Å². The van der Waals surface area contributed by atoms with Gasteiger partial charge >= 0.3 is 0 Å². The van der Waals surface area contributed by atoms with Crippen LogP contribution in [0.25, 0.3) is 0 Å². The van der Waals surface area contributed by atoms with E-state index < -0.39 is 10.0 Å². The Morgan fingerprint density at radius 1 is 1.29 bits per heavy atom. The third kappa shape index (κ3) is 4.17. The number of thiazole rings is 1. The summed E-state index contributed by atoms with van der Waals surface area (Å²) in [5, 5.41) is 0.987. The summed E-state index contributed by atoms with van der Waals surface area (Å²) < 4.78 is 27.7. The lowest BCUT2D eigenvalue weighted by atomic mass is 9.97. The van der Waals surface area contributed by atoms with Gasteiger partial charge < -0.3 is 4.90 Å². The SMILES string of the molecule is Cc1ccc(S(=O)(=O)N2CCCC(C(=O)N(C)C(C)c3sc(C)nc3C)C2)s1. The Balaban J connectivity index is 1.74. The van der Waals surface area contributed by atoms with E-state index in [1.54, 1.807) is 29.4 Å². The largest absolute Gasteiger partial charge is 0.338 e. The van der Waals surface area contributed by atoms with Gasteiger partial charge in [-0.05, 0) is 52.7 Å². The van der Waals surface area contributed by atoms with Crippen molar-refractivity contribution in [2.75, 3.05) is 20.1 Å². The zero-order valence-electron chi connectivity index (χ0n) is 16.9. The summed E-state index contributed by atoms with van der Waals surface area (Å²) in [6.45, 7) is 8.54. The van der Waals surface area contributed by atoms with Crippen LogP contribution in [0.4, 0.5) is 0 Å². The van der Waals surface area contributed by atoms with Gasteiger partial charge in [-0.15, -0.1) is 22.7 Å². The second kappa shape index (κ2) is 8.22. The highest BCUT2D eigenvalue weighted by Gasteiger charge is 2.36. The summed E-state index contributed by atoms with van der Waals surface area (Å²) in [7, 11) is -1.73. The second-order valence-electron chi connectivity index (χ2n) is 7.37. The van der Waals surface area contributed by atoms with Gasteiger partial charge in [-0.2, -0.15) is 4.31 Å². The van der Waals surface area contributed by atoms with E-state index in [0.29, 0.717) is 23.6 Å². The van der Waals surface area contributed by atoms with Crippen LogP contribution in [-0.2, 0) is 14.8 Å². The van der Waals surface area contributed by atoms with Crippen LogP contribution in [0.2, 0.25) is 0 Å². The number of carbonyl (C=O) groups is 1. The van der Waals surface area contributed by atoms with E-state index in [1.807, 2.05) is 33.8 Å². The molecule has 3 rings (SSSR count). The van der Waals surface area contributed by atoms with Crippen molar-refractivity contribution < 1.29 is 13.2 Å². The van der Waals surface area contributed by atoms with Gasteiger partial charge in [0.2, 0.25) is 5.91 Å². The van der Waals surface area contributed by atoms with Crippen molar-refractivity contribution in [1.82, 2.24) is 14.2 Å². The average Bonchev–Trinajstić information content (AvgIpc) is 3.25. The molecule has 1 fully saturated rings. The molecule has 0 aliphatic carbocycles. The van der Waals surface area contributed by atoms with Crippen molar-refractivity contribution in [2.24, 2.45) is 5.92 Å². The molecular weight excluding hydrogens is 414 g/mol. The molecule has 154 valence electrons. The highest BCUT2D eigenvalue weighted by atomic mass is 32.2. The van der Waals surface area contributed by atoms with E-state index in [9.17, 15) is 13.2 Å². The molecule has 0 N–H and O–H groups in total. The maximum Gasteiger partial charge on any atom is 0.252 e. The van der Waals surface area contributed by atoms with Gasteiger partial charge in [0.05, 0.1) is 22.7 Å². The lowest BCUT2D eigenvalue weighted by Crippen LogP contribution is -2.46. The number of amides is 1. The number of nitrogens with zero attached hydrogens (tertiary/aromatic N) is 3. The molecule has 9 heteroatoms. The highest BCUT2D eigenvalue weighted by Crippen LogP contribution is 2.32. The summed E-state index contributed by atoms with van der Waals surface area (Å²) in [4.78, 5) is 21.4. The summed E-state index contributed by atoms with van der Waals surface area (Å²) in [5.41, 5.74) is 0.954. The molecule has 0 aromatic carbocycles. The minimum absolute atomic E-state index is 0.000197. The Kier molecular flexibility index (Phi) is 6.29. The van der Waals surface area contributed by atoms with Crippen molar-refractivity contribution >= 4 is 38.6 Å². The molecule has 0 spiro atoms. The van der Waals surface area contributed by atoms with Crippen LogP contribution in [0.15, 0.2) is 16.3 Å². The number of aryl methyl sites for hydroxylation is 3. The Labute approximate surface area is 175 Å². The van der Waals surface area contributed by atoms with Crippen LogP contribution in [0.5, 0.6) is 0 Å². The van der Waals surface area contributed by atoms with E-state index in [2.05, 4.69) is 4.98 Å². The van der Waals surface area contributed by atoms with Crippen LogP contribution in [0.3, 0.4) is 0 Å². The summed E-state index contributed by atoms with van der Waals surface area (Å²) in [6, 6.07) is 3.40. The smallest absolute Gasteiger partial charge is 0.252 e. The fourth-order valence-electron chi connectivity index (χ4n) is 3.63. The molecule has 28 heavy (non-hydrogen) atoms. The number of thiophene rings is 1. The summed E-state index contributed by atoms with van der Waals surface area (Å²) in [5.74, 6) is -0.313. The molecule has 2 aromatic rings. The Hall–Kier alpha value is -1.29. The van der Waals surface area contributed by atoms with E-state index in [1.165, 1.54) is 15.6 Å².